The van der Waals surface area contributed by atoms with Crippen molar-refractivity contribution in [1.29, 1.82) is 0 Å². The lowest BCUT2D eigenvalue weighted by Crippen LogP contribution is -1.96. The summed E-state index contributed by atoms with van der Waals surface area (Å²) in [6, 6.07) is 7.50. The molecule has 0 atom stereocenters. The number of hydrogen-bond acceptors (Lipinski definition) is 4. The van der Waals surface area contributed by atoms with E-state index >= 15 is 0 Å². The van der Waals surface area contributed by atoms with Crippen LogP contribution in [-0.2, 0) is 6.42 Å². The number of aromatic nitrogens is 2. The summed E-state index contributed by atoms with van der Waals surface area (Å²) < 4.78 is 0. The maximum absolute atomic E-state index is 6.18. The van der Waals surface area contributed by atoms with Gasteiger partial charge in [-0.15, -0.1) is 11.3 Å². The van der Waals surface area contributed by atoms with Gasteiger partial charge in [0.05, 0.1) is 21.1 Å². The van der Waals surface area contributed by atoms with Gasteiger partial charge in [0.1, 0.15) is 17.0 Å². The summed E-state index contributed by atoms with van der Waals surface area (Å²) in [5.41, 5.74) is 0.667. The number of benzene rings is 1. The Morgan fingerprint density at radius 2 is 1.95 bits per heavy atom. The summed E-state index contributed by atoms with van der Waals surface area (Å²) in [6.07, 6.45) is 2.53. The van der Waals surface area contributed by atoms with Crippen LogP contribution < -0.4 is 5.32 Å². The molecular weight excluding hydrogens is 313 g/mol. The van der Waals surface area contributed by atoms with Crippen molar-refractivity contribution in [2.75, 3.05) is 5.32 Å². The van der Waals surface area contributed by atoms with Crippen LogP contribution in [0.3, 0.4) is 0 Å². The predicted octanol–water partition coefficient (Wildman–Crippen LogP) is 5.30. The fraction of sp³-hybridized carbons (Fsp3) is 0.143. The van der Waals surface area contributed by atoms with E-state index in [1.807, 2.05) is 6.07 Å². The zero-order valence-electron chi connectivity index (χ0n) is 10.7. The fourth-order valence-electron chi connectivity index (χ4n) is 1.91. The first-order chi connectivity index (χ1) is 9.69. The van der Waals surface area contributed by atoms with Gasteiger partial charge in [-0.3, -0.25) is 0 Å². The molecule has 0 saturated carbocycles. The van der Waals surface area contributed by atoms with Crippen molar-refractivity contribution >= 4 is 56.3 Å². The van der Waals surface area contributed by atoms with Crippen LogP contribution in [0.25, 0.3) is 10.2 Å². The lowest BCUT2D eigenvalue weighted by atomic mass is 10.3. The molecule has 0 amide bonds. The first kappa shape index (κ1) is 13.6. The van der Waals surface area contributed by atoms with Crippen molar-refractivity contribution < 1.29 is 0 Å². The molecule has 1 N–H and O–H groups in total. The van der Waals surface area contributed by atoms with Crippen LogP contribution >= 0.6 is 34.5 Å². The van der Waals surface area contributed by atoms with Crippen molar-refractivity contribution in [1.82, 2.24) is 9.97 Å². The maximum Gasteiger partial charge on any atom is 0.142 e. The van der Waals surface area contributed by atoms with Crippen molar-refractivity contribution in [3.8, 4) is 0 Å². The van der Waals surface area contributed by atoms with E-state index < -0.39 is 0 Å². The van der Waals surface area contributed by atoms with Gasteiger partial charge < -0.3 is 5.32 Å². The van der Waals surface area contributed by atoms with Gasteiger partial charge in [-0.2, -0.15) is 0 Å². The predicted molar refractivity (Wildman–Crippen MR) is 86.5 cm³/mol. The first-order valence-corrected chi connectivity index (χ1v) is 7.70. The Labute approximate surface area is 130 Å². The summed E-state index contributed by atoms with van der Waals surface area (Å²) >= 11 is 14.0. The highest BCUT2D eigenvalue weighted by molar-refractivity contribution is 7.18. The van der Waals surface area contributed by atoms with Crippen molar-refractivity contribution in [3.63, 3.8) is 0 Å². The Morgan fingerprint density at radius 3 is 2.65 bits per heavy atom. The molecule has 102 valence electrons. The van der Waals surface area contributed by atoms with Crippen LogP contribution in [-0.4, -0.2) is 9.97 Å². The number of anilines is 2. The third kappa shape index (κ3) is 2.46. The van der Waals surface area contributed by atoms with Gasteiger partial charge in [0.15, 0.2) is 0 Å². The van der Waals surface area contributed by atoms with Gasteiger partial charge in [0.2, 0.25) is 0 Å². The van der Waals surface area contributed by atoms with E-state index in [1.54, 1.807) is 29.8 Å². The van der Waals surface area contributed by atoms with Crippen LogP contribution in [0.1, 0.15) is 11.8 Å². The third-order valence-corrected chi connectivity index (χ3v) is 4.75. The minimum absolute atomic E-state index is 0.565. The molecule has 0 spiro atoms. The summed E-state index contributed by atoms with van der Waals surface area (Å²) in [7, 11) is 0. The standard InChI is InChI=1S/C14H11Cl2N3S/c1-2-8-6-9-13(17-7-18-14(9)20-8)19-12-10(15)4-3-5-11(12)16/h3-7H,2H2,1H3,(H,17,18,19). The number of thiophene rings is 1. The second-order valence-electron chi connectivity index (χ2n) is 4.23. The Kier molecular flexibility index (Phi) is 3.78. The number of nitrogens with one attached hydrogen (secondary N) is 1. The second kappa shape index (κ2) is 5.56. The van der Waals surface area contributed by atoms with E-state index in [0.717, 1.165) is 22.5 Å². The second-order valence-corrected chi connectivity index (χ2v) is 6.16. The molecule has 6 heteroatoms. The van der Waals surface area contributed by atoms with E-state index in [1.165, 1.54) is 4.88 Å². The highest BCUT2D eigenvalue weighted by Gasteiger charge is 2.11. The monoisotopic (exact) mass is 323 g/mol. The molecule has 1 aromatic carbocycles. The quantitative estimate of drug-likeness (QED) is 0.710. The summed E-state index contributed by atoms with van der Waals surface area (Å²) in [6.45, 7) is 2.12. The molecule has 2 heterocycles. The van der Waals surface area contributed by atoms with E-state index in [-0.39, 0.29) is 0 Å². The molecule has 20 heavy (non-hydrogen) atoms. The number of fused-ring (bicyclic) bond motifs is 1. The zero-order valence-corrected chi connectivity index (χ0v) is 13.0. The van der Waals surface area contributed by atoms with Crippen LogP contribution in [0, 0.1) is 0 Å². The fourth-order valence-corrected chi connectivity index (χ4v) is 3.34. The average Bonchev–Trinajstić information content (AvgIpc) is 2.87. The highest BCUT2D eigenvalue weighted by Crippen LogP contribution is 2.35. The molecule has 0 aliphatic heterocycles. The van der Waals surface area contributed by atoms with E-state index in [4.69, 9.17) is 23.2 Å². The van der Waals surface area contributed by atoms with Crippen LogP contribution in [0.4, 0.5) is 11.5 Å². The summed E-state index contributed by atoms with van der Waals surface area (Å²) in [5.74, 6) is 0.723. The molecule has 3 nitrogen and oxygen atoms in total. The topological polar surface area (TPSA) is 37.8 Å². The van der Waals surface area contributed by atoms with Gasteiger partial charge in [-0.05, 0) is 24.6 Å². The molecule has 3 rings (SSSR count). The molecule has 0 bridgehead atoms. The average molecular weight is 324 g/mol. The molecule has 0 saturated heterocycles. The lowest BCUT2D eigenvalue weighted by molar-refractivity contribution is 1.19. The number of nitrogens with zero attached hydrogens (tertiary/aromatic N) is 2. The Bertz CT molecular complexity index is 750. The van der Waals surface area contributed by atoms with Gasteiger partial charge in [0.25, 0.3) is 0 Å². The Balaban J connectivity index is 2.09. The molecule has 0 unspecified atom stereocenters. The normalized spacial score (nSPS) is 10.9. The smallest absolute Gasteiger partial charge is 0.142 e. The van der Waals surface area contributed by atoms with Crippen LogP contribution in [0.2, 0.25) is 10.0 Å². The zero-order chi connectivity index (χ0) is 14.1. The van der Waals surface area contributed by atoms with Gasteiger partial charge in [-0.1, -0.05) is 36.2 Å². The molecule has 3 aromatic rings. The number of halogens is 2. The maximum atomic E-state index is 6.18. The molecule has 0 aliphatic carbocycles. The first-order valence-electron chi connectivity index (χ1n) is 6.13. The van der Waals surface area contributed by atoms with Gasteiger partial charge in [-0.25, -0.2) is 9.97 Å². The Morgan fingerprint density at radius 1 is 1.20 bits per heavy atom. The van der Waals surface area contributed by atoms with E-state index in [0.29, 0.717) is 15.7 Å². The van der Waals surface area contributed by atoms with E-state index in [2.05, 4.69) is 28.3 Å². The number of aryl methyl sites for hydroxylation is 1. The van der Waals surface area contributed by atoms with Crippen molar-refractivity contribution in [3.05, 3.63) is 45.5 Å². The SMILES string of the molecule is CCc1cc2c(Nc3c(Cl)cccc3Cl)ncnc2s1. The summed E-state index contributed by atoms with van der Waals surface area (Å²) in [5, 5.41) is 5.33. The minimum atomic E-state index is 0.565. The van der Waals surface area contributed by atoms with Crippen molar-refractivity contribution in [2.45, 2.75) is 13.3 Å². The number of hydrogen-bond donors (Lipinski definition) is 1. The molecule has 0 fully saturated rings. The third-order valence-electron chi connectivity index (χ3n) is 2.94. The number of rotatable bonds is 3. The van der Waals surface area contributed by atoms with Crippen LogP contribution in [0.5, 0.6) is 0 Å². The molecule has 2 aromatic heterocycles. The van der Waals surface area contributed by atoms with Gasteiger partial charge in [0, 0.05) is 4.88 Å². The molecule has 0 radical (unpaired) electrons. The van der Waals surface area contributed by atoms with Crippen LogP contribution in [0.15, 0.2) is 30.6 Å². The van der Waals surface area contributed by atoms with Gasteiger partial charge >= 0.3 is 0 Å². The summed E-state index contributed by atoms with van der Waals surface area (Å²) in [4.78, 5) is 10.8. The minimum Gasteiger partial charge on any atom is -0.337 e. The Hall–Kier alpha value is -1.36. The lowest BCUT2D eigenvalue weighted by Gasteiger charge is -2.09. The molecule has 0 aliphatic rings. The van der Waals surface area contributed by atoms with E-state index in [9.17, 15) is 0 Å². The van der Waals surface area contributed by atoms with Crippen molar-refractivity contribution in [2.24, 2.45) is 0 Å². The largest absolute Gasteiger partial charge is 0.337 e. The number of para-hydroxylation sites is 1. The molecular formula is C14H11Cl2N3S. The highest BCUT2D eigenvalue weighted by atomic mass is 35.5.